The van der Waals surface area contributed by atoms with Gasteiger partial charge in [-0.3, -0.25) is 4.99 Å². The van der Waals surface area contributed by atoms with Crippen LogP contribution in [0.1, 0.15) is 54.4 Å². The zero-order valence-corrected chi connectivity index (χ0v) is 22.0. The molecule has 33 heavy (non-hydrogen) atoms. The minimum Gasteiger partial charge on any atom is -0.380 e. The Balaban J connectivity index is 2.28. The summed E-state index contributed by atoms with van der Waals surface area (Å²) < 4.78 is 0. The summed E-state index contributed by atoms with van der Waals surface area (Å²) in [6.07, 6.45) is 19.0. The number of allylic oxidation sites excluding steroid dienone is 9. The van der Waals surface area contributed by atoms with E-state index >= 15 is 0 Å². The maximum atomic E-state index is 6.86. The van der Waals surface area contributed by atoms with Gasteiger partial charge >= 0.3 is 0 Å². The van der Waals surface area contributed by atoms with Gasteiger partial charge in [-0.15, -0.1) is 0 Å². The lowest BCUT2D eigenvalue weighted by molar-refractivity contribution is 0.257. The monoisotopic (exact) mass is 468 g/mol. The fraction of sp³-hybridized carbons (Fsp3) is 0.464. The van der Waals surface area contributed by atoms with E-state index < -0.39 is 0 Å². The predicted molar refractivity (Wildman–Crippen MR) is 146 cm³/mol. The molecule has 0 radical (unpaired) electrons. The molecule has 1 atom stereocenters. The van der Waals surface area contributed by atoms with Crippen LogP contribution >= 0.6 is 11.6 Å². The molecule has 180 valence electrons. The van der Waals surface area contributed by atoms with Gasteiger partial charge in [0.15, 0.2) is 0 Å². The summed E-state index contributed by atoms with van der Waals surface area (Å²) in [7, 11) is 0. The van der Waals surface area contributed by atoms with Crippen molar-refractivity contribution in [1.29, 1.82) is 0 Å². The molecule has 2 N–H and O–H groups in total. The smallest absolute Gasteiger partial charge is 0.0788 e. The predicted octanol–water partition coefficient (Wildman–Crippen LogP) is 6.39. The average Bonchev–Trinajstić information content (AvgIpc) is 2.78. The van der Waals surface area contributed by atoms with E-state index in [1.807, 2.05) is 19.2 Å². The molecule has 0 bridgehead atoms. The zero-order chi connectivity index (χ0) is 24.2. The molecule has 5 heteroatoms. The molecular weight excluding hydrogens is 428 g/mol. The highest BCUT2D eigenvalue weighted by atomic mass is 35.5. The summed E-state index contributed by atoms with van der Waals surface area (Å²) in [5, 5.41) is 7.95. The third kappa shape index (κ3) is 8.53. The molecule has 0 spiro atoms. The van der Waals surface area contributed by atoms with Crippen LogP contribution in [-0.2, 0) is 0 Å². The molecule has 0 aromatic rings. The molecular formula is C28H41ClN4. The van der Waals surface area contributed by atoms with E-state index in [0.717, 1.165) is 54.6 Å². The second-order valence-corrected chi connectivity index (χ2v) is 9.18. The van der Waals surface area contributed by atoms with Crippen molar-refractivity contribution in [3.63, 3.8) is 0 Å². The number of halogens is 1. The van der Waals surface area contributed by atoms with Crippen LogP contribution in [0.3, 0.4) is 0 Å². The number of nitrogens with one attached hydrogen (secondary N) is 2. The summed E-state index contributed by atoms with van der Waals surface area (Å²) in [5.74, 6) is 0. The van der Waals surface area contributed by atoms with Gasteiger partial charge in [-0.05, 0) is 64.3 Å². The molecule has 1 fully saturated rings. The van der Waals surface area contributed by atoms with Crippen LogP contribution in [0.25, 0.3) is 0 Å². The maximum absolute atomic E-state index is 6.86. The molecule has 0 aromatic heterocycles. The van der Waals surface area contributed by atoms with E-state index in [9.17, 15) is 0 Å². The van der Waals surface area contributed by atoms with Crippen molar-refractivity contribution in [3.05, 3.63) is 81.9 Å². The standard InChI is InChI=1S/C28H41ClN4/c1-7-10-11-24-13-12-23(18-27(24)31-14-8-2)19-32-26(9-3)28(25(29)17-21(4)5)33-16-15-30-22(6)20-33/h8-9,11-14,17-18,22,30,32H,7,10,15-16,19-20H2,1-6H3/b14-8-,24-11+,26-9+,28-25-,31-27-. The lowest BCUT2D eigenvalue weighted by Crippen LogP contribution is -2.49. The van der Waals surface area contributed by atoms with Crippen molar-refractivity contribution >= 4 is 17.3 Å². The Labute approximate surface area is 206 Å². The molecule has 2 rings (SSSR count). The Hall–Kier alpha value is -2.30. The van der Waals surface area contributed by atoms with Crippen LogP contribution in [0, 0.1) is 0 Å². The summed E-state index contributed by atoms with van der Waals surface area (Å²) >= 11 is 6.86. The highest BCUT2D eigenvalue weighted by Gasteiger charge is 2.22. The van der Waals surface area contributed by atoms with E-state index in [0.29, 0.717) is 12.6 Å². The van der Waals surface area contributed by atoms with Crippen molar-refractivity contribution in [2.45, 2.75) is 60.4 Å². The minimum absolute atomic E-state index is 0.422. The van der Waals surface area contributed by atoms with Gasteiger partial charge in [-0.25, -0.2) is 0 Å². The first kappa shape index (κ1) is 26.9. The normalized spacial score (nSPS) is 22.6. The van der Waals surface area contributed by atoms with Gasteiger partial charge in [0, 0.05) is 38.4 Å². The molecule has 0 amide bonds. The third-order valence-corrected chi connectivity index (χ3v) is 5.75. The fourth-order valence-electron chi connectivity index (χ4n) is 3.87. The Morgan fingerprint density at radius 2 is 2.09 bits per heavy atom. The topological polar surface area (TPSA) is 39.7 Å². The van der Waals surface area contributed by atoms with Gasteiger partial charge in [0.1, 0.15) is 0 Å². The second kappa shape index (κ2) is 14.1. The average molecular weight is 469 g/mol. The first-order chi connectivity index (χ1) is 15.9. The quantitative estimate of drug-likeness (QED) is 0.385. The SMILES string of the molecule is C\C=C/N=C1/C=C(CNC(=C/C)/C(=C(/Cl)C=C(C)C)N2CCNC(C)C2)C=C/C1=C\CCC. The van der Waals surface area contributed by atoms with E-state index in [1.165, 1.54) is 16.7 Å². The lowest BCUT2D eigenvalue weighted by atomic mass is 9.98. The number of hydrogen-bond acceptors (Lipinski definition) is 4. The number of hydrogen-bond donors (Lipinski definition) is 2. The van der Waals surface area contributed by atoms with E-state index in [1.54, 1.807) is 0 Å². The van der Waals surface area contributed by atoms with Crippen molar-refractivity contribution in [2.24, 2.45) is 4.99 Å². The number of unbranched alkanes of at least 4 members (excludes halogenated alkanes) is 1. The number of rotatable bonds is 9. The van der Waals surface area contributed by atoms with Crippen LogP contribution in [0.15, 0.2) is 86.9 Å². The van der Waals surface area contributed by atoms with Gasteiger partial charge in [0.25, 0.3) is 0 Å². The summed E-state index contributed by atoms with van der Waals surface area (Å²) in [5.41, 5.74) is 6.70. The van der Waals surface area contributed by atoms with Gasteiger partial charge in [0.2, 0.25) is 0 Å². The van der Waals surface area contributed by atoms with Crippen molar-refractivity contribution in [2.75, 3.05) is 26.2 Å². The molecule has 1 saturated heterocycles. The van der Waals surface area contributed by atoms with Crippen molar-refractivity contribution < 1.29 is 0 Å². The third-order valence-electron chi connectivity index (χ3n) is 5.46. The zero-order valence-electron chi connectivity index (χ0n) is 21.2. The molecule has 1 heterocycles. The summed E-state index contributed by atoms with van der Waals surface area (Å²) in [6.45, 7) is 16.1. The number of aliphatic imine (C=N–C) groups is 1. The Morgan fingerprint density at radius 1 is 1.30 bits per heavy atom. The highest BCUT2D eigenvalue weighted by Crippen LogP contribution is 2.25. The maximum Gasteiger partial charge on any atom is 0.0788 e. The van der Waals surface area contributed by atoms with Gasteiger partial charge < -0.3 is 15.5 Å². The number of nitrogens with zero attached hydrogens (tertiary/aromatic N) is 2. The van der Waals surface area contributed by atoms with Crippen LogP contribution < -0.4 is 10.6 Å². The van der Waals surface area contributed by atoms with Gasteiger partial charge in [-0.2, -0.15) is 0 Å². The fourth-order valence-corrected chi connectivity index (χ4v) is 4.30. The largest absolute Gasteiger partial charge is 0.380 e. The number of piperazine rings is 1. The van der Waals surface area contributed by atoms with Crippen LogP contribution in [-0.4, -0.2) is 42.8 Å². The van der Waals surface area contributed by atoms with E-state index in [2.05, 4.69) is 91.6 Å². The van der Waals surface area contributed by atoms with Gasteiger partial charge in [-0.1, -0.05) is 60.9 Å². The van der Waals surface area contributed by atoms with Crippen LogP contribution in [0.4, 0.5) is 0 Å². The lowest BCUT2D eigenvalue weighted by Gasteiger charge is -2.37. The summed E-state index contributed by atoms with van der Waals surface area (Å²) in [6, 6.07) is 0.422. The molecule has 4 nitrogen and oxygen atoms in total. The van der Waals surface area contributed by atoms with Gasteiger partial charge in [0.05, 0.1) is 22.1 Å². The van der Waals surface area contributed by atoms with Crippen molar-refractivity contribution in [1.82, 2.24) is 15.5 Å². The first-order valence-corrected chi connectivity index (χ1v) is 12.5. The molecule has 1 unspecified atom stereocenters. The van der Waals surface area contributed by atoms with Crippen LogP contribution in [0.2, 0.25) is 0 Å². The van der Waals surface area contributed by atoms with E-state index in [-0.39, 0.29) is 0 Å². The molecule has 2 aliphatic rings. The molecule has 1 aliphatic carbocycles. The van der Waals surface area contributed by atoms with Crippen molar-refractivity contribution in [3.8, 4) is 0 Å². The van der Waals surface area contributed by atoms with E-state index in [4.69, 9.17) is 11.6 Å². The second-order valence-electron chi connectivity index (χ2n) is 8.77. The van der Waals surface area contributed by atoms with Crippen LogP contribution in [0.5, 0.6) is 0 Å². The Morgan fingerprint density at radius 3 is 2.73 bits per heavy atom. The Kier molecular flexibility index (Phi) is 11.5. The summed E-state index contributed by atoms with van der Waals surface area (Å²) in [4.78, 5) is 7.05. The molecule has 0 saturated carbocycles. The molecule has 1 aliphatic heterocycles. The minimum atomic E-state index is 0.422. The Bertz CT molecular complexity index is 908. The first-order valence-electron chi connectivity index (χ1n) is 12.1. The molecule has 0 aromatic carbocycles. The highest BCUT2D eigenvalue weighted by molar-refractivity contribution is 6.31.